The van der Waals surface area contributed by atoms with Gasteiger partial charge in [-0.15, -0.1) is 24.0 Å². The summed E-state index contributed by atoms with van der Waals surface area (Å²) in [5.41, 5.74) is 1.38. The molecule has 0 spiro atoms. The summed E-state index contributed by atoms with van der Waals surface area (Å²) in [7, 11) is 1.84. The maximum Gasteiger partial charge on any atom is 0.190 e. The first-order valence-corrected chi connectivity index (χ1v) is 11.4. The third kappa shape index (κ3) is 10.6. The molecule has 5 nitrogen and oxygen atoms in total. The molecule has 0 atom stereocenters. The molecule has 2 rings (SSSR count). The molecule has 0 unspecified atom stereocenters. The van der Waals surface area contributed by atoms with Gasteiger partial charge in [-0.2, -0.15) is 0 Å². The van der Waals surface area contributed by atoms with E-state index in [-0.39, 0.29) is 29.4 Å². The van der Waals surface area contributed by atoms with Crippen LogP contribution in [0.5, 0.6) is 0 Å². The van der Waals surface area contributed by atoms with Crippen LogP contribution in [0.15, 0.2) is 29.3 Å². The van der Waals surface area contributed by atoms with Crippen molar-refractivity contribution in [1.29, 1.82) is 0 Å². The van der Waals surface area contributed by atoms with Crippen molar-refractivity contribution < 1.29 is 0 Å². The minimum atomic E-state index is 0. The number of nitrogens with zero attached hydrogens (tertiary/aromatic N) is 3. The first kappa shape index (κ1) is 27.5. The van der Waals surface area contributed by atoms with Crippen molar-refractivity contribution in [2.24, 2.45) is 10.4 Å². The third-order valence-electron chi connectivity index (χ3n) is 5.64. The SMILES string of the molecule is CCN1CCN(CCCCNC(=NC)NCC(C)(C)Cc2cccc(Cl)c2)CC1.I. The van der Waals surface area contributed by atoms with E-state index in [1.54, 1.807) is 0 Å². The monoisotopic (exact) mass is 549 g/mol. The number of nitrogens with one attached hydrogen (secondary N) is 2. The number of hydrogen-bond donors (Lipinski definition) is 2. The second kappa shape index (κ2) is 14.5. The second-order valence-electron chi connectivity index (χ2n) is 8.81. The molecule has 0 radical (unpaired) electrons. The van der Waals surface area contributed by atoms with Gasteiger partial charge in [-0.1, -0.05) is 44.5 Å². The molecule has 0 saturated carbocycles. The van der Waals surface area contributed by atoms with Crippen LogP contribution in [-0.4, -0.2) is 75.2 Å². The summed E-state index contributed by atoms with van der Waals surface area (Å²) in [6, 6.07) is 8.14. The lowest BCUT2D eigenvalue weighted by molar-refractivity contribution is 0.136. The lowest BCUT2D eigenvalue weighted by Gasteiger charge is -2.34. The first-order chi connectivity index (χ1) is 13.9. The number of hydrogen-bond acceptors (Lipinski definition) is 3. The van der Waals surface area contributed by atoms with Crippen LogP contribution in [0.4, 0.5) is 0 Å². The quantitative estimate of drug-likeness (QED) is 0.200. The van der Waals surface area contributed by atoms with Gasteiger partial charge in [-0.25, -0.2) is 0 Å². The minimum absolute atomic E-state index is 0. The highest BCUT2D eigenvalue weighted by molar-refractivity contribution is 14.0. The van der Waals surface area contributed by atoms with Gasteiger partial charge < -0.3 is 20.4 Å². The number of guanidine groups is 1. The Labute approximate surface area is 206 Å². The fourth-order valence-corrected chi connectivity index (χ4v) is 4.01. The molecule has 1 heterocycles. The number of halogens is 2. The van der Waals surface area contributed by atoms with E-state index in [1.807, 2.05) is 19.2 Å². The minimum Gasteiger partial charge on any atom is -0.356 e. The Balaban J connectivity index is 0.00000450. The normalized spacial score (nSPS) is 16.2. The van der Waals surface area contributed by atoms with E-state index in [2.05, 4.69) is 58.3 Å². The molecule has 0 aliphatic carbocycles. The van der Waals surface area contributed by atoms with E-state index in [0.717, 1.165) is 30.5 Å². The fraction of sp³-hybridized carbons (Fsp3) is 0.696. The summed E-state index contributed by atoms with van der Waals surface area (Å²) >= 11 is 6.12. The molecule has 1 aromatic carbocycles. The summed E-state index contributed by atoms with van der Waals surface area (Å²) in [6.45, 7) is 15.9. The predicted molar refractivity (Wildman–Crippen MR) is 142 cm³/mol. The maximum atomic E-state index is 6.12. The van der Waals surface area contributed by atoms with Crippen LogP contribution >= 0.6 is 35.6 Å². The van der Waals surface area contributed by atoms with Gasteiger partial charge >= 0.3 is 0 Å². The molecule has 0 bridgehead atoms. The van der Waals surface area contributed by atoms with Crippen molar-refractivity contribution >= 4 is 41.5 Å². The molecule has 1 fully saturated rings. The van der Waals surface area contributed by atoms with Crippen LogP contribution in [0, 0.1) is 5.41 Å². The van der Waals surface area contributed by atoms with Crippen LogP contribution in [-0.2, 0) is 6.42 Å². The van der Waals surface area contributed by atoms with Crippen LogP contribution < -0.4 is 10.6 Å². The van der Waals surface area contributed by atoms with Crippen molar-refractivity contribution in [2.75, 3.05) is 59.4 Å². The van der Waals surface area contributed by atoms with E-state index >= 15 is 0 Å². The van der Waals surface area contributed by atoms with Gasteiger partial charge in [0.2, 0.25) is 0 Å². The van der Waals surface area contributed by atoms with Gasteiger partial charge in [0.1, 0.15) is 0 Å². The second-order valence-corrected chi connectivity index (χ2v) is 9.24. The zero-order valence-corrected chi connectivity index (χ0v) is 22.3. The maximum absolute atomic E-state index is 6.12. The number of piperazine rings is 1. The third-order valence-corrected chi connectivity index (χ3v) is 5.87. The highest BCUT2D eigenvalue weighted by Gasteiger charge is 2.19. The van der Waals surface area contributed by atoms with Crippen molar-refractivity contribution in [1.82, 2.24) is 20.4 Å². The lowest BCUT2D eigenvalue weighted by Crippen LogP contribution is -2.46. The van der Waals surface area contributed by atoms with Crippen LogP contribution in [0.25, 0.3) is 0 Å². The largest absolute Gasteiger partial charge is 0.356 e. The highest BCUT2D eigenvalue weighted by atomic mass is 127. The lowest BCUT2D eigenvalue weighted by atomic mass is 9.86. The average molecular weight is 550 g/mol. The molecule has 2 N–H and O–H groups in total. The summed E-state index contributed by atoms with van der Waals surface area (Å²) in [5.74, 6) is 0.890. The topological polar surface area (TPSA) is 42.9 Å². The molecule has 1 aliphatic rings. The molecular formula is C23H41ClIN5. The smallest absolute Gasteiger partial charge is 0.190 e. The van der Waals surface area contributed by atoms with Crippen molar-refractivity contribution in [3.8, 4) is 0 Å². The molecular weight excluding hydrogens is 509 g/mol. The number of benzene rings is 1. The van der Waals surface area contributed by atoms with Crippen LogP contribution in [0.1, 0.15) is 39.2 Å². The molecule has 7 heteroatoms. The molecule has 1 saturated heterocycles. The van der Waals surface area contributed by atoms with Gasteiger partial charge in [0.25, 0.3) is 0 Å². The van der Waals surface area contributed by atoms with Gasteiger partial charge in [0.15, 0.2) is 5.96 Å². The number of rotatable bonds is 10. The Kier molecular flexibility index (Phi) is 13.3. The Bertz CT molecular complexity index is 630. The van der Waals surface area contributed by atoms with Crippen LogP contribution in [0.3, 0.4) is 0 Å². The van der Waals surface area contributed by atoms with Crippen LogP contribution in [0.2, 0.25) is 5.02 Å². The molecule has 1 aromatic rings. The van der Waals surface area contributed by atoms with E-state index in [1.165, 1.54) is 57.7 Å². The average Bonchev–Trinajstić information content (AvgIpc) is 2.70. The molecule has 0 aromatic heterocycles. The Hall–Kier alpha value is -0.570. The van der Waals surface area contributed by atoms with E-state index < -0.39 is 0 Å². The predicted octanol–water partition coefficient (Wildman–Crippen LogP) is 4.11. The Morgan fingerprint density at radius 2 is 1.80 bits per heavy atom. The van der Waals surface area contributed by atoms with E-state index in [0.29, 0.717) is 0 Å². The molecule has 30 heavy (non-hydrogen) atoms. The molecule has 1 aliphatic heterocycles. The first-order valence-electron chi connectivity index (χ1n) is 11.1. The van der Waals surface area contributed by atoms with Crippen molar-refractivity contribution in [3.05, 3.63) is 34.9 Å². The zero-order valence-electron chi connectivity index (χ0n) is 19.2. The summed E-state index contributed by atoms with van der Waals surface area (Å²) in [5, 5.41) is 7.75. The standard InChI is InChI=1S/C23H40ClN5.HI/c1-5-28-13-15-29(16-14-28)12-7-6-11-26-22(25-4)27-19-23(2,3)18-20-9-8-10-21(24)17-20;/h8-10,17H,5-7,11-16,18-19H2,1-4H3,(H2,25,26,27);1H. The van der Waals surface area contributed by atoms with E-state index in [4.69, 9.17) is 11.6 Å². The summed E-state index contributed by atoms with van der Waals surface area (Å²) < 4.78 is 0. The van der Waals surface area contributed by atoms with Gasteiger partial charge in [0.05, 0.1) is 0 Å². The van der Waals surface area contributed by atoms with Gasteiger partial charge in [-0.3, -0.25) is 4.99 Å². The highest BCUT2D eigenvalue weighted by Crippen LogP contribution is 2.22. The van der Waals surface area contributed by atoms with Crippen molar-refractivity contribution in [2.45, 2.75) is 40.0 Å². The summed E-state index contributed by atoms with van der Waals surface area (Å²) in [4.78, 5) is 9.50. The van der Waals surface area contributed by atoms with E-state index in [9.17, 15) is 0 Å². The molecule has 0 amide bonds. The zero-order chi connectivity index (χ0) is 21.1. The summed E-state index contributed by atoms with van der Waals surface area (Å²) in [6.07, 6.45) is 3.37. The Morgan fingerprint density at radius 3 is 2.43 bits per heavy atom. The Morgan fingerprint density at radius 1 is 1.10 bits per heavy atom. The van der Waals surface area contributed by atoms with Gasteiger partial charge in [0, 0.05) is 51.3 Å². The number of unbranched alkanes of at least 4 members (excludes halogenated alkanes) is 1. The number of aliphatic imine (C=N–C) groups is 1. The van der Waals surface area contributed by atoms with Crippen molar-refractivity contribution in [3.63, 3.8) is 0 Å². The van der Waals surface area contributed by atoms with Gasteiger partial charge in [-0.05, 0) is 55.5 Å². The number of likely N-dealkylation sites (N-methyl/N-ethyl adjacent to an activating group) is 1. The fourth-order valence-electron chi connectivity index (χ4n) is 3.80. The molecule has 172 valence electrons.